The molecule has 16 heavy (non-hydrogen) atoms. The van der Waals surface area contributed by atoms with Gasteiger partial charge in [-0.2, -0.15) is 0 Å². The lowest BCUT2D eigenvalue weighted by atomic mass is 9.26. The maximum Gasteiger partial charge on any atom is -0.0184 e. The maximum absolute atomic E-state index is 2.60. The molecule has 0 aromatic heterocycles. The Morgan fingerprint density at radius 2 is 1.62 bits per heavy atom. The molecule has 5 atom stereocenters. The van der Waals surface area contributed by atoms with Crippen molar-refractivity contribution in [2.24, 2.45) is 40.4 Å². The van der Waals surface area contributed by atoms with Gasteiger partial charge in [0.15, 0.2) is 0 Å². The molecule has 2 saturated carbocycles. The predicted molar refractivity (Wildman–Crippen MR) is 71.3 cm³/mol. The van der Waals surface area contributed by atoms with Crippen molar-refractivity contribution >= 4 is 0 Å². The minimum Gasteiger partial charge on any atom is -0.0625 e. The minimum atomic E-state index is 0.595. The SMILES string of the molecule is CC(C)C(C)C1(C)C(C)C2CCC21C(C)C. The van der Waals surface area contributed by atoms with Gasteiger partial charge < -0.3 is 0 Å². The molecule has 0 aromatic carbocycles. The highest BCUT2D eigenvalue weighted by Crippen LogP contribution is 2.79. The van der Waals surface area contributed by atoms with E-state index in [4.69, 9.17) is 0 Å². The van der Waals surface area contributed by atoms with Crippen molar-refractivity contribution in [2.75, 3.05) is 0 Å². The molecule has 0 amide bonds. The highest BCUT2D eigenvalue weighted by atomic mass is 14.8. The molecule has 0 nitrogen and oxygen atoms in total. The van der Waals surface area contributed by atoms with Crippen molar-refractivity contribution in [1.82, 2.24) is 0 Å². The molecule has 0 spiro atoms. The molecular weight excluding hydrogens is 192 g/mol. The first-order valence-corrected chi connectivity index (χ1v) is 7.30. The third-order valence-corrected chi connectivity index (χ3v) is 7.06. The van der Waals surface area contributed by atoms with E-state index in [0.717, 1.165) is 29.6 Å². The molecule has 0 aliphatic heterocycles. The summed E-state index contributed by atoms with van der Waals surface area (Å²) in [6.07, 6.45) is 2.99. The van der Waals surface area contributed by atoms with E-state index in [2.05, 4.69) is 48.5 Å². The minimum absolute atomic E-state index is 0.595. The lowest BCUT2D eigenvalue weighted by Crippen LogP contribution is -2.73. The van der Waals surface area contributed by atoms with Crippen molar-refractivity contribution in [3.8, 4) is 0 Å². The van der Waals surface area contributed by atoms with Crippen LogP contribution in [0.3, 0.4) is 0 Å². The predicted octanol–water partition coefficient (Wildman–Crippen LogP) is 4.99. The Hall–Kier alpha value is 0. The molecule has 2 aliphatic rings. The first kappa shape index (κ1) is 12.5. The van der Waals surface area contributed by atoms with Crippen LogP contribution in [0.4, 0.5) is 0 Å². The summed E-state index contributed by atoms with van der Waals surface area (Å²) in [5, 5.41) is 0. The van der Waals surface area contributed by atoms with Crippen LogP contribution in [0.25, 0.3) is 0 Å². The zero-order chi connectivity index (χ0) is 12.3. The number of rotatable bonds is 3. The van der Waals surface area contributed by atoms with Gasteiger partial charge in [-0.3, -0.25) is 0 Å². The number of fused-ring (bicyclic) bond motifs is 1. The van der Waals surface area contributed by atoms with E-state index in [0.29, 0.717) is 10.8 Å². The van der Waals surface area contributed by atoms with Gasteiger partial charge in [-0.1, -0.05) is 48.5 Å². The Morgan fingerprint density at radius 1 is 1.06 bits per heavy atom. The first-order valence-electron chi connectivity index (χ1n) is 7.30. The Morgan fingerprint density at radius 3 is 1.94 bits per heavy atom. The second-order valence-electron chi connectivity index (χ2n) is 7.44. The summed E-state index contributed by atoms with van der Waals surface area (Å²) in [6.45, 7) is 17.3. The van der Waals surface area contributed by atoms with E-state index in [1.54, 1.807) is 0 Å². The molecular formula is C16H30. The van der Waals surface area contributed by atoms with Crippen molar-refractivity contribution in [3.05, 3.63) is 0 Å². The lowest BCUT2D eigenvalue weighted by Gasteiger charge is -2.79. The summed E-state index contributed by atoms with van der Waals surface area (Å²) >= 11 is 0. The second-order valence-corrected chi connectivity index (χ2v) is 7.44. The van der Waals surface area contributed by atoms with E-state index in [9.17, 15) is 0 Å². The monoisotopic (exact) mass is 222 g/mol. The molecule has 0 heterocycles. The largest absolute Gasteiger partial charge is 0.0625 e. The highest BCUT2D eigenvalue weighted by molar-refractivity contribution is 5.21. The van der Waals surface area contributed by atoms with E-state index in [1.165, 1.54) is 12.8 Å². The van der Waals surface area contributed by atoms with Gasteiger partial charge in [-0.05, 0) is 53.3 Å². The summed E-state index contributed by atoms with van der Waals surface area (Å²) in [4.78, 5) is 0. The normalized spacial score (nSPS) is 48.6. The summed E-state index contributed by atoms with van der Waals surface area (Å²) < 4.78 is 0. The summed E-state index contributed by atoms with van der Waals surface area (Å²) in [6, 6.07) is 0. The van der Waals surface area contributed by atoms with Gasteiger partial charge in [-0.25, -0.2) is 0 Å². The van der Waals surface area contributed by atoms with Crippen LogP contribution in [0.2, 0.25) is 0 Å². The average molecular weight is 222 g/mol. The van der Waals surface area contributed by atoms with Crippen molar-refractivity contribution in [2.45, 2.75) is 61.3 Å². The Kier molecular flexibility index (Phi) is 2.72. The van der Waals surface area contributed by atoms with Crippen molar-refractivity contribution in [3.63, 3.8) is 0 Å². The molecule has 2 rings (SSSR count). The molecule has 0 aromatic rings. The quantitative estimate of drug-likeness (QED) is 0.631. The fourth-order valence-corrected chi connectivity index (χ4v) is 5.60. The summed E-state index contributed by atoms with van der Waals surface area (Å²) in [5.74, 6) is 4.54. The molecule has 94 valence electrons. The van der Waals surface area contributed by atoms with Crippen LogP contribution in [-0.4, -0.2) is 0 Å². The van der Waals surface area contributed by atoms with Crippen LogP contribution in [0.5, 0.6) is 0 Å². The summed E-state index contributed by atoms with van der Waals surface area (Å²) in [5.41, 5.74) is 1.29. The zero-order valence-electron chi connectivity index (χ0n) is 12.3. The number of hydrogen-bond donors (Lipinski definition) is 0. The van der Waals surface area contributed by atoms with Crippen LogP contribution in [0, 0.1) is 40.4 Å². The fourth-order valence-electron chi connectivity index (χ4n) is 5.60. The molecule has 2 aliphatic carbocycles. The third-order valence-electron chi connectivity index (χ3n) is 7.06. The highest BCUT2D eigenvalue weighted by Gasteiger charge is 2.73. The first-order chi connectivity index (χ1) is 7.30. The van der Waals surface area contributed by atoms with Gasteiger partial charge in [0.25, 0.3) is 0 Å². The van der Waals surface area contributed by atoms with Crippen LogP contribution in [0.15, 0.2) is 0 Å². The Balaban J connectivity index is 2.32. The van der Waals surface area contributed by atoms with Crippen LogP contribution in [0.1, 0.15) is 61.3 Å². The van der Waals surface area contributed by atoms with Crippen molar-refractivity contribution < 1.29 is 0 Å². The summed E-state index contributed by atoms with van der Waals surface area (Å²) in [7, 11) is 0. The molecule has 0 bridgehead atoms. The molecule has 0 radical (unpaired) electrons. The van der Waals surface area contributed by atoms with E-state index in [1.807, 2.05) is 0 Å². The maximum atomic E-state index is 2.60. The number of hydrogen-bond acceptors (Lipinski definition) is 0. The molecule has 0 heteroatoms. The molecule has 0 saturated heterocycles. The third kappa shape index (κ3) is 1.07. The fraction of sp³-hybridized carbons (Fsp3) is 1.00. The van der Waals surface area contributed by atoms with Gasteiger partial charge >= 0.3 is 0 Å². The second kappa shape index (κ2) is 3.50. The van der Waals surface area contributed by atoms with Gasteiger partial charge in [0, 0.05) is 0 Å². The van der Waals surface area contributed by atoms with E-state index in [-0.39, 0.29) is 0 Å². The molecule has 2 fully saturated rings. The molecule has 5 unspecified atom stereocenters. The standard InChI is InChI=1S/C16H30/c1-10(2)12(5)15(7)13(6)14-8-9-16(14,15)11(3)4/h10-14H,8-9H2,1-7H3. The molecule has 0 N–H and O–H groups in total. The van der Waals surface area contributed by atoms with Crippen LogP contribution < -0.4 is 0 Å². The van der Waals surface area contributed by atoms with Gasteiger partial charge in [0.2, 0.25) is 0 Å². The van der Waals surface area contributed by atoms with E-state index >= 15 is 0 Å². The van der Waals surface area contributed by atoms with Crippen molar-refractivity contribution in [1.29, 1.82) is 0 Å². The Labute approximate surface area is 102 Å². The van der Waals surface area contributed by atoms with Gasteiger partial charge in [0.05, 0.1) is 0 Å². The zero-order valence-corrected chi connectivity index (χ0v) is 12.3. The topological polar surface area (TPSA) is 0 Å². The van der Waals surface area contributed by atoms with Crippen LogP contribution in [-0.2, 0) is 0 Å². The van der Waals surface area contributed by atoms with Gasteiger partial charge in [-0.15, -0.1) is 0 Å². The van der Waals surface area contributed by atoms with Crippen LogP contribution >= 0.6 is 0 Å². The lowest BCUT2D eigenvalue weighted by molar-refractivity contribution is -0.308. The average Bonchev–Trinajstić information content (AvgIpc) is 2.14. The van der Waals surface area contributed by atoms with E-state index < -0.39 is 0 Å². The Bertz CT molecular complexity index is 278. The van der Waals surface area contributed by atoms with Gasteiger partial charge in [0.1, 0.15) is 0 Å². The smallest absolute Gasteiger partial charge is 0.0184 e.